The smallest absolute Gasteiger partial charge is 0.163 e. The molecule has 0 spiro atoms. The van der Waals surface area contributed by atoms with Crippen LogP contribution in [-0.2, 0) is 7.05 Å². The van der Waals surface area contributed by atoms with E-state index in [-0.39, 0.29) is 0 Å². The SMILES string of the molecule is CN(c1ncnc2c1cnn2C)C1CCCC1CN. The Labute approximate surface area is 112 Å². The van der Waals surface area contributed by atoms with E-state index in [4.69, 9.17) is 5.73 Å². The van der Waals surface area contributed by atoms with Crippen molar-refractivity contribution < 1.29 is 0 Å². The average Bonchev–Trinajstić information content (AvgIpc) is 3.05. The Morgan fingerprint density at radius 1 is 1.42 bits per heavy atom. The van der Waals surface area contributed by atoms with Gasteiger partial charge in [-0.1, -0.05) is 6.42 Å². The molecule has 2 unspecified atom stereocenters. The quantitative estimate of drug-likeness (QED) is 0.888. The molecule has 0 bridgehead atoms. The third kappa shape index (κ3) is 1.96. The van der Waals surface area contributed by atoms with Crippen LogP contribution >= 0.6 is 0 Å². The van der Waals surface area contributed by atoms with Crippen molar-refractivity contribution in [3.63, 3.8) is 0 Å². The van der Waals surface area contributed by atoms with E-state index >= 15 is 0 Å². The standard InChI is InChI=1S/C13H20N6/c1-18(11-5-3-4-9(11)6-14)12-10-7-17-19(2)13(10)16-8-15-12/h7-9,11H,3-6,14H2,1-2H3. The van der Waals surface area contributed by atoms with Gasteiger partial charge in [-0.25, -0.2) is 9.97 Å². The molecule has 0 aliphatic heterocycles. The second-order valence-electron chi connectivity index (χ2n) is 5.31. The summed E-state index contributed by atoms with van der Waals surface area (Å²) in [5.41, 5.74) is 6.76. The number of aryl methyl sites for hydroxylation is 1. The van der Waals surface area contributed by atoms with Gasteiger partial charge in [0.15, 0.2) is 5.65 Å². The molecule has 19 heavy (non-hydrogen) atoms. The van der Waals surface area contributed by atoms with Gasteiger partial charge < -0.3 is 10.6 Å². The molecule has 6 heteroatoms. The van der Waals surface area contributed by atoms with Crippen LogP contribution in [0.1, 0.15) is 19.3 Å². The molecule has 6 nitrogen and oxygen atoms in total. The molecule has 1 fully saturated rings. The maximum Gasteiger partial charge on any atom is 0.163 e. The highest BCUT2D eigenvalue weighted by molar-refractivity contribution is 5.86. The second kappa shape index (κ2) is 4.77. The predicted octanol–water partition coefficient (Wildman–Crippen LogP) is 0.927. The van der Waals surface area contributed by atoms with Gasteiger partial charge in [0.1, 0.15) is 12.1 Å². The van der Waals surface area contributed by atoms with Crippen LogP contribution in [0.2, 0.25) is 0 Å². The normalized spacial score (nSPS) is 23.1. The maximum absolute atomic E-state index is 5.88. The van der Waals surface area contributed by atoms with E-state index in [1.54, 1.807) is 11.0 Å². The van der Waals surface area contributed by atoms with E-state index in [1.807, 2.05) is 13.2 Å². The fraction of sp³-hybridized carbons (Fsp3) is 0.615. The van der Waals surface area contributed by atoms with E-state index in [9.17, 15) is 0 Å². The van der Waals surface area contributed by atoms with Crippen molar-refractivity contribution in [2.24, 2.45) is 18.7 Å². The highest BCUT2D eigenvalue weighted by atomic mass is 15.3. The minimum Gasteiger partial charge on any atom is -0.356 e. The lowest BCUT2D eigenvalue weighted by atomic mass is 10.0. The van der Waals surface area contributed by atoms with Crippen molar-refractivity contribution in [1.82, 2.24) is 19.7 Å². The van der Waals surface area contributed by atoms with Crippen LogP contribution < -0.4 is 10.6 Å². The molecule has 102 valence electrons. The zero-order valence-electron chi connectivity index (χ0n) is 11.5. The number of anilines is 1. The molecule has 2 N–H and O–H groups in total. The lowest BCUT2D eigenvalue weighted by Gasteiger charge is -2.30. The Balaban J connectivity index is 1.99. The van der Waals surface area contributed by atoms with Crippen LogP contribution in [0.15, 0.2) is 12.5 Å². The third-order valence-electron chi connectivity index (χ3n) is 4.26. The maximum atomic E-state index is 5.88. The fourth-order valence-corrected chi connectivity index (χ4v) is 3.19. The van der Waals surface area contributed by atoms with Crippen molar-refractivity contribution in [3.05, 3.63) is 12.5 Å². The first-order valence-corrected chi connectivity index (χ1v) is 6.78. The van der Waals surface area contributed by atoms with Crippen LogP contribution in [0.4, 0.5) is 5.82 Å². The Kier molecular flexibility index (Phi) is 3.10. The minimum atomic E-state index is 0.475. The van der Waals surface area contributed by atoms with Gasteiger partial charge in [-0.2, -0.15) is 5.10 Å². The number of nitrogens with two attached hydrogens (primary N) is 1. The van der Waals surface area contributed by atoms with E-state index in [2.05, 4.69) is 27.0 Å². The van der Waals surface area contributed by atoms with Gasteiger partial charge in [0.25, 0.3) is 0 Å². The van der Waals surface area contributed by atoms with Gasteiger partial charge in [-0.15, -0.1) is 0 Å². The molecule has 0 aromatic carbocycles. The van der Waals surface area contributed by atoms with E-state index in [1.165, 1.54) is 19.3 Å². The lowest BCUT2D eigenvalue weighted by Crippen LogP contribution is -2.38. The van der Waals surface area contributed by atoms with Gasteiger partial charge in [-0.3, -0.25) is 4.68 Å². The Hall–Kier alpha value is -1.69. The molecule has 0 amide bonds. The van der Waals surface area contributed by atoms with Crippen molar-refractivity contribution >= 4 is 16.9 Å². The van der Waals surface area contributed by atoms with Crippen LogP contribution in [-0.4, -0.2) is 39.4 Å². The van der Waals surface area contributed by atoms with E-state index < -0.39 is 0 Å². The zero-order chi connectivity index (χ0) is 13.4. The van der Waals surface area contributed by atoms with Crippen LogP contribution in [0.25, 0.3) is 11.0 Å². The molecule has 2 aromatic rings. The van der Waals surface area contributed by atoms with Crippen molar-refractivity contribution in [1.29, 1.82) is 0 Å². The second-order valence-corrected chi connectivity index (χ2v) is 5.31. The van der Waals surface area contributed by atoms with Gasteiger partial charge >= 0.3 is 0 Å². The van der Waals surface area contributed by atoms with Gasteiger partial charge in [0.05, 0.1) is 11.6 Å². The highest BCUT2D eigenvalue weighted by Gasteiger charge is 2.30. The number of hydrogen-bond donors (Lipinski definition) is 1. The molecule has 2 heterocycles. The molecular weight excluding hydrogens is 240 g/mol. The molecule has 1 aliphatic carbocycles. The van der Waals surface area contributed by atoms with Crippen LogP contribution in [0, 0.1) is 5.92 Å². The Morgan fingerprint density at radius 2 is 2.26 bits per heavy atom. The minimum absolute atomic E-state index is 0.475. The van der Waals surface area contributed by atoms with Crippen LogP contribution in [0.3, 0.4) is 0 Å². The molecule has 1 saturated carbocycles. The van der Waals surface area contributed by atoms with Gasteiger partial charge in [-0.05, 0) is 25.3 Å². The monoisotopic (exact) mass is 260 g/mol. The summed E-state index contributed by atoms with van der Waals surface area (Å²) in [5.74, 6) is 1.52. The summed E-state index contributed by atoms with van der Waals surface area (Å²) in [7, 11) is 4.00. The van der Waals surface area contributed by atoms with Crippen LogP contribution in [0.5, 0.6) is 0 Å². The third-order valence-corrected chi connectivity index (χ3v) is 4.26. The van der Waals surface area contributed by atoms with E-state index in [0.717, 1.165) is 23.4 Å². The van der Waals surface area contributed by atoms with Crippen molar-refractivity contribution in [2.45, 2.75) is 25.3 Å². The lowest BCUT2D eigenvalue weighted by molar-refractivity contribution is 0.473. The summed E-state index contributed by atoms with van der Waals surface area (Å²) >= 11 is 0. The molecule has 1 aliphatic rings. The zero-order valence-corrected chi connectivity index (χ0v) is 11.5. The summed E-state index contributed by atoms with van der Waals surface area (Å²) < 4.78 is 1.78. The molecule has 3 rings (SSSR count). The summed E-state index contributed by atoms with van der Waals surface area (Å²) in [6.07, 6.45) is 7.10. The predicted molar refractivity (Wildman–Crippen MR) is 74.9 cm³/mol. The average molecular weight is 260 g/mol. The summed E-state index contributed by atoms with van der Waals surface area (Å²) in [4.78, 5) is 11.0. The number of fused-ring (bicyclic) bond motifs is 1. The number of aromatic nitrogens is 4. The first-order valence-electron chi connectivity index (χ1n) is 6.78. The molecule has 0 radical (unpaired) electrons. The molecule has 2 aromatic heterocycles. The molecule has 0 saturated heterocycles. The molecule has 2 atom stereocenters. The number of hydrogen-bond acceptors (Lipinski definition) is 5. The van der Waals surface area contributed by atoms with E-state index in [0.29, 0.717) is 12.0 Å². The first-order chi connectivity index (χ1) is 9.22. The fourth-order valence-electron chi connectivity index (χ4n) is 3.19. The van der Waals surface area contributed by atoms with Crippen molar-refractivity contribution in [3.8, 4) is 0 Å². The number of rotatable bonds is 3. The Bertz CT molecular complexity index is 578. The summed E-state index contributed by atoms with van der Waals surface area (Å²) in [6, 6.07) is 0.475. The molecular formula is C13H20N6. The largest absolute Gasteiger partial charge is 0.356 e. The summed E-state index contributed by atoms with van der Waals surface area (Å²) in [5, 5.41) is 5.28. The topological polar surface area (TPSA) is 72.9 Å². The van der Waals surface area contributed by atoms with Gasteiger partial charge in [0, 0.05) is 20.1 Å². The first kappa shape index (κ1) is 12.3. The number of nitrogens with zero attached hydrogens (tertiary/aromatic N) is 5. The summed E-state index contributed by atoms with van der Waals surface area (Å²) in [6.45, 7) is 0.746. The van der Waals surface area contributed by atoms with Crippen molar-refractivity contribution in [2.75, 3.05) is 18.5 Å². The van der Waals surface area contributed by atoms with Gasteiger partial charge in [0.2, 0.25) is 0 Å². The highest BCUT2D eigenvalue weighted by Crippen LogP contribution is 2.32. The Morgan fingerprint density at radius 3 is 3.05 bits per heavy atom.